The molecule has 2 rings (SSSR count). The van der Waals surface area contributed by atoms with Gasteiger partial charge in [0.1, 0.15) is 0 Å². The summed E-state index contributed by atoms with van der Waals surface area (Å²) in [5, 5.41) is 13.5. The van der Waals surface area contributed by atoms with Gasteiger partial charge in [0, 0.05) is 17.7 Å². The first-order chi connectivity index (χ1) is 10.9. The van der Waals surface area contributed by atoms with E-state index in [-0.39, 0.29) is 34.4 Å². The molecule has 2 aromatic carbocycles. The molecule has 0 fully saturated rings. The van der Waals surface area contributed by atoms with Gasteiger partial charge in [0.15, 0.2) is 17.3 Å². The summed E-state index contributed by atoms with van der Waals surface area (Å²) < 4.78 is 18.4. The number of nitro benzene ring substituents is 1. The van der Waals surface area contributed by atoms with Crippen molar-refractivity contribution in [1.82, 2.24) is 0 Å². The third-order valence-corrected chi connectivity index (χ3v) is 3.39. The molecule has 0 saturated carbocycles. The van der Waals surface area contributed by atoms with E-state index in [1.165, 1.54) is 37.4 Å². The Bertz CT molecular complexity index is 767. The van der Waals surface area contributed by atoms with E-state index >= 15 is 0 Å². The van der Waals surface area contributed by atoms with Gasteiger partial charge < -0.3 is 10.1 Å². The second-order valence-electron chi connectivity index (χ2n) is 4.55. The van der Waals surface area contributed by atoms with Gasteiger partial charge in [-0.3, -0.25) is 14.9 Å². The van der Waals surface area contributed by atoms with Crippen molar-refractivity contribution in [3.8, 4) is 5.75 Å². The summed E-state index contributed by atoms with van der Waals surface area (Å²) in [6.45, 7) is -0.136. The normalized spacial score (nSPS) is 10.2. The number of carbonyl (C=O) groups is 1. The lowest BCUT2D eigenvalue weighted by molar-refractivity contribution is -0.384. The predicted molar refractivity (Wildman–Crippen MR) is 83.9 cm³/mol. The zero-order chi connectivity index (χ0) is 17.0. The number of ketones is 1. The molecule has 8 heteroatoms. The van der Waals surface area contributed by atoms with Crippen LogP contribution in [0.4, 0.5) is 15.8 Å². The van der Waals surface area contributed by atoms with Crippen LogP contribution in [0.3, 0.4) is 0 Å². The molecule has 0 aromatic heterocycles. The fraction of sp³-hybridized carbons (Fsp3) is 0.133. The first kappa shape index (κ1) is 16.7. The molecule has 0 aliphatic carbocycles. The monoisotopic (exact) mass is 338 g/mol. The quantitative estimate of drug-likeness (QED) is 0.493. The number of hydrogen-bond acceptors (Lipinski definition) is 5. The van der Waals surface area contributed by atoms with Crippen LogP contribution in [0.25, 0.3) is 0 Å². The van der Waals surface area contributed by atoms with Crippen LogP contribution < -0.4 is 10.1 Å². The molecule has 0 heterocycles. The largest absolute Gasteiger partial charge is 0.494 e. The van der Waals surface area contributed by atoms with Gasteiger partial charge in [0.2, 0.25) is 0 Å². The molecule has 0 radical (unpaired) electrons. The molecule has 2 aromatic rings. The highest BCUT2D eigenvalue weighted by molar-refractivity contribution is 6.33. The van der Waals surface area contributed by atoms with Gasteiger partial charge in [0.05, 0.1) is 29.3 Å². The molecular weight excluding hydrogens is 327 g/mol. The maximum absolute atomic E-state index is 13.6. The zero-order valence-corrected chi connectivity index (χ0v) is 12.8. The number of hydrogen-bond donors (Lipinski definition) is 1. The van der Waals surface area contributed by atoms with Crippen LogP contribution in [0.2, 0.25) is 5.02 Å². The second kappa shape index (κ2) is 7.06. The molecule has 0 atom stereocenters. The van der Waals surface area contributed by atoms with Crippen LogP contribution in [0.5, 0.6) is 5.75 Å². The minimum absolute atomic E-state index is 0.0490. The lowest BCUT2D eigenvalue weighted by Gasteiger charge is -2.08. The highest BCUT2D eigenvalue weighted by Crippen LogP contribution is 2.26. The Hall–Kier alpha value is -2.67. The van der Waals surface area contributed by atoms with E-state index in [0.29, 0.717) is 5.69 Å². The Kier molecular flexibility index (Phi) is 5.13. The van der Waals surface area contributed by atoms with Crippen molar-refractivity contribution in [3.63, 3.8) is 0 Å². The van der Waals surface area contributed by atoms with E-state index in [2.05, 4.69) is 5.32 Å². The molecule has 1 N–H and O–H groups in total. The predicted octanol–water partition coefficient (Wildman–Crippen LogP) is 3.69. The van der Waals surface area contributed by atoms with Crippen molar-refractivity contribution in [2.75, 3.05) is 19.0 Å². The molecule has 0 spiro atoms. The van der Waals surface area contributed by atoms with E-state index in [4.69, 9.17) is 16.3 Å². The molecule has 0 bridgehead atoms. The molecule has 120 valence electrons. The summed E-state index contributed by atoms with van der Waals surface area (Å²) >= 11 is 5.91. The lowest BCUT2D eigenvalue weighted by atomic mass is 10.1. The van der Waals surface area contributed by atoms with Crippen LogP contribution in [-0.4, -0.2) is 24.4 Å². The number of non-ortho nitro benzene ring substituents is 1. The number of methoxy groups -OCH3 is 1. The number of rotatable bonds is 6. The van der Waals surface area contributed by atoms with Gasteiger partial charge in [-0.05, 0) is 24.3 Å². The third-order valence-electron chi connectivity index (χ3n) is 3.08. The Morgan fingerprint density at radius 1 is 1.35 bits per heavy atom. The summed E-state index contributed by atoms with van der Waals surface area (Å²) in [6, 6.07) is 7.75. The van der Waals surface area contributed by atoms with E-state index in [1.807, 2.05) is 0 Å². The number of carbonyl (C=O) groups excluding carboxylic acids is 1. The first-order valence-corrected chi connectivity index (χ1v) is 6.84. The lowest BCUT2D eigenvalue weighted by Crippen LogP contribution is -2.14. The summed E-state index contributed by atoms with van der Waals surface area (Å²) in [4.78, 5) is 22.1. The Labute approximate surface area is 136 Å². The number of halogens is 2. The van der Waals surface area contributed by atoms with Crippen molar-refractivity contribution in [3.05, 3.63) is 62.9 Å². The Morgan fingerprint density at radius 2 is 2.09 bits per heavy atom. The van der Waals surface area contributed by atoms with Gasteiger partial charge in [-0.15, -0.1) is 0 Å². The molecule has 0 amide bonds. The fourth-order valence-corrected chi connectivity index (χ4v) is 2.12. The Balaban J connectivity index is 2.07. The van der Waals surface area contributed by atoms with Crippen LogP contribution in [0.15, 0.2) is 36.4 Å². The number of ether oxygens (including phenoxy) is 1. The van der Waals surface area contributed by atoms with Crippen LogP contribution in [0, 0.1) is 15.9 Å². The van der Waals surface area contributed by atoms with Gasteiger partial charge in [-0.25, -0.2) is 4.39 Å². The number of nitro groups is 1. The maximum Gasteiger partial charge on any atom is 0.271 e. The van der Waals surface area contributed by atoms with E-state index < -0.39 is 10.7 Å². The van der Waals surface area contributed by atoms with Gasteiger partial charge in [0.25, 0.3) is 5.69 Å². The average molecular weight is 339 g/mol. The van der Waals surface area contributed by atoms with E-state index in [9.17, 15) is 19.3 Å². The van der Waals surface area contributed by atoms with E-state index in [1.54, 1.807) is 0 Å². The summed E-state index contributed by atoms with van der Waals surface area (Å²) in [5.74, 6) is -0.944. The van der Waals surface area contributed by atoms with Crippen LogP contribution in [-0.2, 0) is 0 Å². The van der Waals surface area contributed by atoms with Gasteiger partial charge in [-0.1, -0.05) is 11.6 Å². The molecule has 6 nitrogen and oxygen atoms in total. The molecule has 0 aliphatic rings. The second-order valence-corrected chi connectivity index (χ2v) is 4.95. The first-order valence-electron chi connectivity index (χ1n) is 6.47. The molecule has 0 unspecified atom stereocenters. The molecule has 0 saturated heterocycles. The minimum Gasteiger partial charge on any atom is -0.494 e. The van der Waals surface area contributed by atoms with Crippen molar-refractivity contribution in [2.45, 2.75) is 0 Å². The molecule has 0 aliphatic heterocycles. The molecular formula is C15H12ClFN2O4. The fourth-order valence-electron chi connectivity index (χ4n) is 1.88. The van der Waals surface area contributed by atoms with Crippen molar-refractivity contribution >= 4 is 28.8 Å². The smallest absolute Gasteiger partial charge is 0.271 e. The van der Waals surface area contributed by atoms with Crippen molar-refractivity contribution in [1.29, 1.82) is 0 Å². The van der Waals surface area contributed by atoms with Crippen molar-refractivity contribution < 1.29 is 18.8 Å². The van der Waals surface area contributed by atoms with Gasteiger partial charge >= 0.3 is 0 Å². The number of nitrogens with one attached hydrogen (secondary N) is 1. The highest BCUT2D eigenvalue weighted by atomic mass is 35.5. The van der Waals surface area contributed by atoms with E-state index in [0.717, 1.165) is 6.07 Å². The number of nitrogens with zero attached hydrogens (tertiary/aromatic N) is 1. The Morgan fingerprint density at radius 3 is 2.65 bits per heavy atom. The number of Topliss-reactive ketones (excluding diaryl/α,β-unsaturated/α-hetero) is 1. The average Bonchev–Trinajstić information content (AvgIpc) is 2.53. The minimum atomic E-state index is -0.633. The summed E-state index contributed by atoms with van der Waals surface area (Å²) in [7, 11) is 1.33. The van der Waals surface area contributed by atoms with Crippen LogP contribution >= 0.6 is 11.6 Å². The maximum atomic E-state index is 13.6. The highest BCUT2D eigenvalue weighted by Gasteiger charge is 2.12. The van der Waals surface area contributed by atoms with Crippen LogP contribution in [0.1, 0.15) is 10.4 Å². The third kappa shape index (κ3) is 3.95. The number of anilines is 1. The summed E-state index contributed by atoms with van der Waals surface area (Å²) in [6.07, 6.45) is 0. The number of benzene rings is 2. The topological polar surface area (TPSA) is 81.5 Å². The van der Waals surface area contributed by atoms with Crippen molar-refractivity contribution in [2.24, 2.45) is 0 Å². The zero-order valence-electron chi connectivity index (χ0n) is 12.0. The summed E-state index contributed by atoms with van der Waals surface area (Å²) in [5.41, 5.74) is 0.400. The van der Waals surface area contributed by atoms with Gasteiger partial charge in [-0.2, -0.15) is 0 Å². The molecule has 23 heavy (non-hydrogen) atoms. The standard InChI is InChI=1S/C15H12ClFN2O4/c1-23-15-5-2-9(6-12(15)17)14(20)8-18-13-4-3-10(19(21)22)7-11(13)16/h2-7,18H,8H2,1H3. The SMILES string of the molecule is COc1ccc(C(=O)CNc2ccc([N+](=O)[O-])cc2Cl)cc1F.